The summed E-state index contributed by atoms with van der Waals surface area (Å²) in [4.78, 5) is 27.4. The molecule has 4 aromatic rings. The first kappa shape index (κ1) is 27.9. The third-order valence-electron chi connectivity index (χ3n) is 6.58. The Balaban J connectivity index is 2.00. The van der Waals surface area contributed by atoms with Gasteiger partial charge >= 0.3 is 11.9 Å². The normalized spacial score (nSPS) is 12.4. The Kier molecular flexibility index (Phi) is 7.83. The van der Waals surface area contributed by atoms with Crippen LogP contribution in [0, 0.1) is 12.7 Å². The quantitative estimate of drug-likeness (QED) is 0.288. The van der Waals surface area contributed by atoms with Gasteiger partial charge in [0.15, 0.2) is 11.6 Å². The number of ether oxygens (including phenoxy) is 1. The molecule has 4 rings (SSSR count). The van der Waals surface area contributed by atoms with Crippen LogP contribution >= 0.6 is 0 Å². The summed E-state index contributed by atoms with van der Waals surface area (Å²) in [5, 5.41) is 0. The van der Waals surface area contributed by atoms with Crippen molar-refractivity contribution in [2.75, 3.05) is 7.11 Å². The number of rotatable bonds is 7. The van der Waals surface area contributed by atoms with E-state index in [2.05, 4.69) is 0 Å². The van der Waals surface area contributed by atoms with Crippen molar-refractivity contribution in [1.29, 1.82) is 0 Å². The van der Waals surface area contributed by atoms with Crippen molar-refractivity contribution in [3.05, 3.63) is 116 Å². The standard InChI is InChI=1S/C28H24BF4N3O3/c1-16-24(18-10-6-13-23(39-2)25(18)30)26(37)36(15-22(34)17-8-4-3-5-9-17)27(38)35(16)14-19-20(28(31,32)33)11-7-12-21(19)29/h3-13,22H,14-15,34H2,1-2H3. The smallest absolute Gasteiger partial charge is 0.416 e. The number of hydrogen-bond acceptors (Lipinski definition) is 4. The Morgan fingerprint density at radius 2 is 1.64 bits per heavy atom. The summed E-state index contributed by atoms with van der Waals surface area (Å²) in [7, 11) is 7.18. The fraction of sp³-hybridized carbons (Fsp3) is 0.214. The van der Waals surface area contributed by atoms with Crippen molar-refractivity contribution in [3.8, 4) is 16.9 Å². The summed E-state index contributed by atoms with van der Waals surface area (Å²) in [6.45, 7) is 0.438. The van der Waals surface area contributed by atoms with E-state index >= 15 is 4.39 Å². The molecule has 0 aliphatic rings. The molecular formula is C28H24BF4N3O3. The molecule has 2 radical (unpaired) electrons. The van der Waals surface area contributed by atoms with Crippen LogP contribution in [0.5, 0.6) is 5.75 Å². The van der Waals surface area contributed by atoms with Crippen LogP contribution in [0.2, 0.25) is 0 Å². The fourth-order valence-electron chi connectivity index (χ4n) is 4.53. The topological polar surface area (TPSA) is 79.2 Å². The van der Waals surface area contributed by atoms with Crippen LogP contribution in [-0.2, 0) is 19.3 Å². The van der Waals surface area contributed by atoms with Crippen LogP contribution in [0.1, 0.15) is 28.4 Å². The molecule has 0 bridgehead atoms. The number of benzene rings is 3. The number of methoxy groups -OCH3 is 1. The zero-order valence-electron chi connectivity index (χ0n) is 21.1. The lowest BCUT2D eigenvalue weighted by Crippen LogP contribution is -2.44. The molecule has 0 aliphatic carbocycles. The predicted octanol–water partition coefficient (Wildman–Crippen LogP) is 3.69. The molecule has 200 valence electrons. The molecule has 0 amide bonds. The maximum atomic E-state index is 15.4. The molecule has 1 atom stereocenters. The molecule has 0 fully saturated rings. The summed E-state index contributed by atoms with van der Waals surface area (Å²) < 4.78 is 63.7. The van der Waals surface area contributed by atoms with Gasteiger partial charge in [-0.2, -0.15) is 13.2 Å². The minimum absolute atomic E-state index is 0.0435. The van der Waals surface area contributed by atoms with E-state index in [-0.39, 0.29) is 40.1 Å². The minimum atomic E-state index is -4.76. The van der Waals surface area contributed by atoms with Gasteiger partial charge < -0.3 is 10.5 Å². The van der Waals surface area contributed by atoms with Crippen molar-refractivity contribution in [2.45, 2.75) is 32.2 Å². The van der Waals surface area contributed by atoms with Crippen LogP contribution in [-0.4, -0.2) is 24.1 Å². The maximum absolute atomic E-state index is 15.4. The highest BCUT2D eigenvalue weighted by atomic mass is 19.4. The van der Waals surface area contributed by atoms with E-state index in [4.69, 9.17) is 18.3 Å². The molecule has 39 heavy (non-hydrogen) atoms. The number of nitrogens with zero attached hydrogens (tertiary/aromatic N) is 2. The first-order chi connectivity index (χ1) is 18.5. The van der Waals surface area contributed by atoms with Crippen molar-refractivity contribution < 1.29 is 22.3 Å². The van der Waals surface area contributed by atoms with Crippen LogP contribution < -0.4 is 27.2 Å². The molecule has 3 aromatic carbocycles. The number of hydrogen-bond donors (Lipinski definition) is 1. The van der Waals surface area contributed by atoms with Crippen LogP contribution in [0.15, 0.2) is 76.3 Å². The molecule has 0 spiro atoms. The molecule has 0 aliphatic heterocycles. The van der Waals surface area contributed by atoms with Gasteiger partial charge in [-0.3, -0.25) is 13.9 Å². The van der Waals surface area contributed by atoms with Crippen LogP contribution in [0.3, 0.4) is 0 Å². The average Bonchev–Trinajstić information content (AvgIpc) is 2.90. The Labute approximate surface area is 222 Å². The first-order valence-corrected chi connectivity index (χ1v) is 11.9. The number of halogens is 4. The second-order valence-electron chi connectivity index (χ2n) is 8.95. The van der Waals surface area contributed by atoms with Gasteiger partial charge in [0, 0.05) is 17.3 Å². The van der Waals surface area contributed by atoms with Gasteiger partial charge in [0.1, 0.15) is 7.85 Å². The zero-order valence-corrected chi connectivity index (χ0v) is 21.1. The van der Waals surface area contributed by atoms with E-state index in [1.54, 1.807) is 30.3 Å². The Morgan fingerprint density at radius 1 is 0.974 bits per heavy atom. The second-order valence-corrected chi connectivity index (χ2v) is 8.95. The van der Waals surface area contributed by atoms with Crippen molar-refractivity contribution in [1.82, 2.24) is 9.13 Å². The molecular weight excluding hydrogens is 513 g/mol. The van der Waals surface area contributed by atoms with Gasteiger partial charge in [0.2, 0.25) is 0 Å². The second kappa shape index (κ2) is 10.9. The molecule has 6 nitrogen and oxygen atoms in total. The lowest BCUT2D eigenvalue weighted by atomic mass is 9.87. The highest BCUT2D eigenvalue weighted by Gasteiger charge is 2.34. The Bertz CT molecular complexity index is 1630. The van der Waals surface area contributed by atoms with E-state index in [1.807, 2.05) is 0 Å². The average molecular weight is 537 g/mol. The van der Waals surface area contributed by atoms with E-state index in [0.29, 0.717) is 5.56 Å². The number of nitrogens with two attached hydrogens (primary N) is 1. The summed E-state index contributed by atoms with van der Waals surface area (Å²) in [5.74, 6) is -1.01. The lowest BCUT2D eigenvalue weighted by molar-refractivity contribution is -0.138. The number of aromatic nitrogens is 2. The van der Waals surface area contributed by atoms with Gasteiger partial charge in [0.25, 0.3) is 5.56 Å². The van der Waals surface area contributed by atoms with Crippen molar-refractivity contribution >= 4 is 13.3 Å². The maximum Gasteiger partial charge on any atom is 0.416 e. The Hall–Kier alpha value is -4.12. The van der Waals surface area contributed by atoms with Gasteiger partial charge in [-0.25, -0.2) is 9.18 Å². The molecule has 11 heteroatoms. The van der Waals surface area contributed by atoms with Crippen LogP contribution in [0.25, 0.3) is 11.1 Å². The molecule has 1 heterocycles. The minimum Gasteiger partial charge on any atom is -0.494 e. The fourth-order valence-corrected chi connectivity index (χ4v) is 4.53. The SMILES string of the molecule is [B]c1cccc(C(F)(F)F)c1Cn1c(C)c(-c2cccc(OC)c2F)c(=O)n(CC(N)c2ccccc2)c1=O. The zero-order chi connectivity index (χ0) is 28.5. The van der Waals surface area contributed by atoms with Gasteiger partial charge in [-0.15, -0.1) is 0 Å². The van der Waals surface area contributed by atoms with E-state index in [1.165, 1.54) is 38.3 Å². The van der Waals surface area contributed by atoms with Gasteiger partial charge in [-0.1, -0.05) is 60.1 Å². The molecule has 2 N–H and O–H groups in total. The van der Waals surface area contributed by atoms with E-state index in [9.17, 15) is 22.8 Å². The highest BCUT2D eigenvalue weighted by molar-refractivity contribution is 6.33. The monoisotopic (exact) mass is 537 g/mol. The first-order valence-electron chi connectivity index (χ1n) is 11.9. The molecule has 1 aromatic heterocycles. The third-order valence-corrected chi connectivity index (χ3v) is 6.58. The molecule has 1 unspecified atom stereocenters. The highest BCUT2D eigenvalue weighted by Crippen LogP contribution is 2.32. The summed E-state index contributed by atoms with van der Waals surface area (Å²) in [5.41, 5.74) is 3.17. The van der Waals surface area contributed by atoms with Crippen LogP contribution in [0.4, 0.5) is 17.6 Å². The van der Waals surface area contributed by atoms with Crippen molar-refractivity contribution in [2.24, 2.45) is 5.73 Å². The van der Waals surface area contributed by atoms with E-state index < -0.39 is 41.4 Å². The van der Waals surface area contributed by atoms with Gasteiger partial charge in [-0.05, 0) is 30.2 Å². The largest absolute Gasteiger partial charge is 0.494 e. The predicted molar refractivity (Wildman–Crippen MR) is 141 cm³/mol. The molecule has 0 saturated carbocycles. The van der Waals surface area contributed by atoms with Gasteiger partial charge in [0.05, 0.1) is 31.3 Å². The third kappa shape index (κ3) is 5.40. The lowest BCUT2D eigenvalue weighted by Gasteiger charge is -2.22. The summed E-state index contributed by atoms with van der Waals surface area (Å²) in [6, 6.07) is 15.3. The number of alkyl halides is 3. The summed E-state index contributed by atoms with van der Waals surface area (Å²) in [6.07, 6.45) is -4.76. The summed E-state index contributed by atoms with van der Waals surface area (Å²) >= 11 is 0. The molecule has 0 saturated heterocycles. The Morgan fingerprint density at radius 3 is 2.28 bits per heavy atom. The van der Waals surface area contributed by atoms with Crippen molar-refractivity contribution in [3.63, 3.8) is 0 Å². The van der Waals surface area contributed by atoms with E-state index in [0.717, 1.165) is 21.3 Å².